The van der Waals surface area contributed by atoms with E-state index in [0.29, 0.717) is 12.3 Å². The highest BCUT2D eigenvalue weighted by atomic mass is 35.5. The van der Waals surface area contributed by atoms with Gasteiger partial charge in [0, 0.05) is 39.3 Å². The van der Waals surface area contributed by atoms with Gasteiger partial charge in [-0.15, -0.1) is 12.4 Å². The molecule has 1 atom stereocenters. The van der Waals surface area contributed by atoms with Gasteiger partial charge in [-0.1, -0.05) is 30.3 Å². The van der Waals surface area contributed by atoms with E-state index < -0.39 is 0 Å². The van der Waals surface area contributed by atoms with Crippen LogP contribution in [0, 0.1) is 5.92 Å². The second-order valence-corrected chi connectivity index (χ2v) is 5.50. The Morgan fingerprint density at radius 1 is 1.33 bits per heavy atom. The summed E-state index contributed by atoms with van der Waals surface area (Å²) in [6, 6.07) is 9.61. The first-order valence-corrected chi connectivity index (χ1v) is 7.28. The summed E-state index contributed by atoms with van der Waals surface area (Å²) in [5.74, 6) is 0.754. The Morgan fingerprint density at radius 2 is 1.95 bits per heavy atom. The Kier molecular flexibility index (Phi) is 7.72. The van der Waals surface area contributed by atoms with Crippen LogP contribution in [0.1, 0.15) is 30.9 Å². The van der Waals surface area contributed by atoms with Gasteiger partial charge >= 0.3 is 0 Å². The van der Waals surface area contributed by atoms with Crippen molar-refractivity contribution in [3.63, 3.8) is 0 Å². The van der Waals surface area contributed by atoms with Gasteiger partial charge in [-0.3, -0.25) is 4.79 Å². The van der Waals surface area contributed by atoms with Gasteiger partial charge in [0.2, 0.25) is 5.91 Å². The molecule has 5 heteroatoms. The van der Waals surface area contributed by atoms with Crippen molar-refractivity contribution in [3.05, 3.63) is 35.9 Å². The Bertz CT molecular complexity index is 420. The molecule has 1 aliphatic heterocycles. The van der Waals surface area contributed by atoms with Crippen molar-refractivity contribution in [2.24, 2.45) is 11.7 Å². The van der Waals surface area contributed by atoms with Crippen molar-refractivity contribution in [2.45, 2.75) is 25.3 Å². The van der Waals surface area contributed by atoms with Crippen LogP contribution >= 0.6 is 12.4 Å². The van der Waals surface area contributed by atoms with Gasteiger partial charge in [0.15, 0.2) is 0 Å². The number of amides is 1. The lowest BCUT2D eigenvalue weighted by atomic mass is 9.97. The zero-order valence-corrected chi connectivity index (χ0v) is 13.3. The summed E-state index contributed by atoms with van der Waals surface area (Å²) in [4.78, 5) is 14.2. The number of hydrogen-bond acceptors (Lipinski definition) is 3. The Balaban J connectivity index is 0.00000220. The van der Waals surface area contributed by atoms with Crippen LogP contribution in [0.25, 0.3) is 0 Å². The number of methoxy groups -OCH3 is 1. The highest BCUT2D eigenvalue weighted by Crippen LogP contribution is 2.20. The molecule has 1 aromatic rings. The first-order chi connectivity index (χ1) is 9.70. The summed E-state index contributed by atoms with van der Waals surface area (Å²) in [5.41, 5.74) is 7.13. The number of rotatable bonds is 5. The second kappa shape index (κ2) is 9.03. The normalized spacial score (nSPS) is 17.1. The summed E-state index contributed by atoms with van der Waals surface area (Å²) in [5, 5.41) is 0. The molecule has 2 N–H and O–H groups in total. The predicted molar refractivity (Wildman–Crippen MR) is 86.4 cm³/mol. The zero-order chi connectivity index (χ0) is 14.4. The fourth-order valence-electron chi connectivity index (χ4n) is 2.72. The van der Waals surface area contributed by atoms with Crippen molar-refractivity contribution < 1.29 is 9.53 Å². The monoisotopic (exact) mass is 312 g/mol. The van der Waals surface area contributed by atoms with Crippen LogP contribution in [0.3, 0.4) is 0 Å². The van der Waals surface area contributed by atoms with Crippen LogP contribution in [-0.2, 0) is 9.53 Å². The Hall–Kier alpha value is -1.10. The lowest BCUT2D eigenvalue weighted by molar-refractivity contribution is -0.133. The molecule has 1 unspecified atom stereocenters. The van der Waals surface area contributed by atoms with Crippen LogP contribution in [0.15, 0.2) is 30.3 Å². The van der Waals surface area contributed by atoms with E-state index in [4.69, 9.17) is 10.5 Å². The van der Waals surface area contributed by atoms with E-state index in [-0.39, 0.29) is 24.4 Å². The number of carbonyl (C=O) groups is 1. The number of nitrogens with two attached hydrogens (primary N) is 1. The van der Waals surface area contributed by atoms with Crippen molar-refractivity contribution in [2.75, 3.05) is 26.8 Å². The van der Waals surface area contributed by atoms with E-state index >= 15 is 0 Å². The molecule has 4 nitrogen and oxygen atoms in total. The first-order valence-electron chi connectivity index (χ1n) is 7.28. The minimum atomic E-state index is -0.208. The van der Waals surface area contributed by atoms with Crippen molar-refractivity contribution in [1.29, 1.82) is 0 Å². The lowest BCUT2D eigenvalue weighted by Crippen LogP contribution is -2.40. The molecule has 2 rings (SSSR count). The maximum Gasteiger partial charge on any atom is 0.224 e. The predicted octanol–water partition coefficient (Wildman–Crippen LogP) is 2.38. The molecule has 1 saturated heterocycles. The van der Waals surface area contributed by atoms with Gasteiger partial charge in [0.05, 0.1) is 0 Å². The maximum absolute atomic E-state index is 12.3. The quantitative estimate of drug-likeness (QED) is 0.908. The molecule has 118 valence electrons. The van der Waals surface area contributed by atoms with Crippen LogP contribution in [-0.4, -0.2) is 37.6 Å². The number of ether oxygens (including phenoxy) is 1. The Morgan fingerprint density at radius 3 is 2.52 bits per heavy atom. The van der Waals surface area contributed by atoms with Gasteiger partial charge in [-0.25, -0.2) is 0 Å². The number of benzene rings is 1. The summed E-state index contributed by atoms with van der Waals surface area (Å²) in [7, 11) is 1.73. The maximum atomic E-state index is 12.3. The molecule has 1 aromatic carbocycles. The molecule has 0 aromatic heterocycles. The number of carbonyl (C=O) groups excluding carboxylic acids is 1. The minimum Gasteiger partial charge on any atom is -0.384 e. The molecule has 1 fully saturated rings. The van der Waals surface area contributed by atoms with Gasteiger partial charge in [0.25, 0.3) is 0 Å². The fraction of sp³-hybridized carbons (Fsp3) is 0.562. The molecular formula is C16H25ClN2O2. The summed E-state index contributed by atoms with van der Waals surface area (Å²) >= 11 is 0. The summed E-state index contributed by atoms with van der Waals surface area (Å²) in [6.07, 6.45) is 2.44. The van der Waals surface area contributed by atoms with Crippen LogP contribution in [0.5, 0.6) is 0 Å². The molecule has 0 aliphatic carbocycles. The fourth-order valence-corrected chi connectivity index (χ4v) is 2.72. The SMILES string of the molecule is COCC1CCN(C(=O)CC(N)c2ccccc2)CC1.Cl. The van der Waals surface area contributed by atoms with Crippen molar-refractivity contribution in [3.8, 4) is 0 Å². The average molecular weight is 313 g/mol. The largest absolute Gasteiger partial charge is 0.384 e. The van der Waals surface area contributed by atoms with E-state index in [0.717, 1.165) is 38.1 Å². The molecule has 0 spiro atoms. The average Bonchev–Trinajstić information content (AvgIpc) is 2.49. The summed E-state index contributed by atoms with van der Waals surface area (Å²) < 4.78 is 5.18. The Labute approximate surface area is 133 Å². The van der Waals surface area contributed by atoms with E-state index in [1.165, 1.54) is 0 Å². The van der Waals surface area contributed by atoms with Gasteiger partial charge in [-0.05, 0) is 24.3 Å². The molecule has 1 aliphatic rings. The molecule has 1 heterocycles. The number of halogens is 1. The van der Waals surface area contributed by atoms with Gasteiger partial charge in [-0.2, -0.15) is 0 Å². The molecule has 0 radical (unpaired) electrons. The molecular weight excluding hydrogens is 288 g/mol. The van der Waals surface area contributed by atoms with Crippen LogP contribution in [0.4, 0.5) is 0 Å². The van der Waals surface area contributed by atoms with Crippen molar-refractivity contribution >= 4 is 18.3 Å². The number of likely N-dealkylation sites (tertiary alicyclic amines) is 1. The highest BCUT2D eigenvalue weighted by molar-refractivity contribution is 5.85. The summed E-state index contributed by atoms with van der Waals surface area (Å²) in [6.45, 7) is 2.45. The van der Waals surface area contributed by atoms with Gasteiger partial charge in [0.1, 0.15) is 0 Å². The molecule has 21 heavy (non-hydrogen) atoms. The van der Waals surface area contributed by atoms with Crippen LogP contribution in [0.2, 0.25) is 0 Å². The minimum absolute atomic E-state index is 0. The van der Waals surface area contributed by atoms with E-state index in [1.807, 2.05) is 35.2 Å². The number of piperidine rings is 1. The smallest absolute Gasteiger partial charge is 0.224 e. The third kappa shape index (κ3) is 5.30. The molecule has 0 saturated carbocycles. The van der Waals surface area contributed by atoms with E-state index in [9.17, 15) is 4.79 Å². The van der Waals surface area contributed by atoms with Gasteiger partial charge < -0.3 is 15.4 Å². The van der Waals surface area contributed by atoms with E-state index in [2.05, 4.69) is 0 Å². The third-order valence-corrected chi connectivity index (χ3v) is 3.99. The first kappa shape index (κ1) is 18.0. The molecule has 0 bridgehead atoms. The standard InChI is InChI=1S/C16H24N2O2.ClH/c1-20-12-13-7-9-18(10-8-13)16(19)11-15(17)14-5-3-2-4-6-14;/h2-6,13,15H,7-12,17H2,1H3;1H. The third-order valence-electron chi connectivity index (χ3n) is 3.99. The second-order valence-electron chi connectivity index (χ2n) is 5.50. The topological polar surface area (TPSA) is 55.6 Å². The van der Waals surface area contributed by atoms with Crippen molar-refractivity contribution in [1.82, 2.24) is 4.90 Å². The highest BCUT2D eigenvalue weighted by Gasteiger charge is 2.24. The number of nitrogens with zero attached hydrogens (tertiary/aromatic N) is 1. The number of hydrogen-bond donors (Lipinski definition) is 1. The lowest BCUT2D eigenvalue weighted by Gasteiger charge is -2.32. The zero-order valence-electron chi connectivity index (χ0n) is 12.5. The molecule has 1 amide bonds. The van der Waals surface area contributed by atoms with E-state index in [1.54, 1.807) is 7.11 Å². The van der Waals surface area contributed by atoms with Crippen LogP contribution < -0.4 is 5.73 Å².